The molecule has 1 amide bonds. The van der Waals surface area contributed by atoms with Gasteiger partial charge in [0, 0.05) is 31.9 Å². The molecule has 0 radical (unpaired) electrons. The first-order valence-electron chi connectivity index (χ1n) is 9.97. The number of nitrogens with one attached hydrogen (secondary N) is 1. The second-order valence-corrected chi connectivity index (χ2v) is 7.31. The maximum Gasteiger partial charge on any atom is 0.272 e. The highest BCUT2D eigenvalue weighted by Gasteiger charge is 2.13. The van der Waals surface area contributed by atoms with E-state index in [0.29, 0.717) is 12.2 Å². The van der Waals surface area contributed by atoms with E-state index in [-0.39, 0.29) is 5.91 Å². The molecule has 0 aliphatic carbocycles. The van der Waals surface area contributed by atoms with E-state index in [1.54, 1.807) is 4.68 Å². The Morgan fingerprint density at radius 3 is 2.45 bits per heavy atom. The maximum absolute atomic E-state index is 12.5. The number of ether oxygens (including phenoxy) is 1. The Morgan fingerprint density at radius 2 is 1.72 bits per heavy atom. The number of hydrogen-bond donors (Lipinski definition) is 1. The van der Waals surface area contributed by atoms with Gasteiger partial charge in [-0.1, -0.05) is 42.5 Å². The molecular weight excluding hydrogens is 364 g/mol. The molecule has 0 bridgehead atoms. The van der Waals surface area contributed by atoms with Crippen molar-refractivity contribution >= 4 is 5.91 Å². The molecule has 2 aromatic carbocycles. The molecule has 1 aliphatic heterocycles. The average Bonchev–Trinajstić information content (AvgIpc) is 3.16. The van der Waals surface area contributed by atoms with E-state index in [4.69, 9.17) is 4.74 Å². The van der Waals surface area contributed by atoms with Crippen LogP contribution >= 0.6 is 0 Å². The van der Waals surface area contributed by atoms with Gasteiger partial charge in [0.2, 0.25) is 0 Å². The number of benzene rings is 2. The molecule has 150 valence electrons. The zero-order chi connectivity index (χ0) is 20.1. The summed E-state index contributed by atoms with van der Waals surface area (Å²) in [7, 11) is 0. The van der Waals surface area contributed by atoms with Crippen molar-refractivity contribution in [1.29, 1.82) is 0 Å². The molecule has 6 nitrogen and oxygen atoms in total. The Morgan fingerprint density at radius 1 is 1.03 bits per heavy atom. The maximum atomic E-state index is 12.5. The summed E-state index contributed by atoms with van der Waals surface area (Å²) < 4.78 is 7.18. The molecule has 29 heavy (non-hydrogen) atoms. The van der Waals surface area contributed by atoms with Gasteiger partial charge in [0.1, 0.15) is 0 Å². The second-order valence-electron chi connectivity index (χ2n) is 7.31. The first-order valence-corrected chi connectivity index (χ1v) is 9.97. The van der Waals surface area contributed by atoms with Gasteiger partial charge in [0.15, 0.2) is 5.69 Å². The van der Waals surface area contributed by atoms with Crippen LogP contribution in [-0.2, 0) is 17.8 Å². The minimum Gasteiger partial charge on any atom is -0.379 e. The van der Waals surface area contributed by atoms with Crippen LogP contribution in [0.1, 0.15) is 27.3 Å². The number of aromatic nitrogens is 2. The molecule has 0 saturated carbocycles. The predicted octanol–water partition coefficient (Wildman–Crippen LogP) is 2.94. The summed E-state index contributed by atoms with van der Waals surface area (Å²) in [4.78, 5) is 14.9. The van der Waals surface area contributed by atoms with Crippen molar-refractivity contribution < 1.29 is 9.53 Å². The summed E-state index contributed by atoms with van der Waals surface area (Å²) in [5.41, 5.74) is 4.64. The van der Waals surface area contributed by atoms with Gasteiger partial charge in [-0.2, -0.15) is 5.10 Å². The van der Waals surface area contributed by atoms with Gasteiger partial charge in [-0.3, -0.25) is 9.69 Å². The normalized spacial score (nSPS) is 14.7. The fraction of sp³-hybridized carbons (Fsp3) is 0.304. The van der Waals surface area contributed by atoms with Gasteiger partial charge in [0.05, 0.1) is 18.9 Å². The third-order valence-corrected chi connectivity index (χ3v) is 5.11. The Labute approximate surface area is 171 Å². The highest BCUT2D eigenvalue weighted by atomic mass is 16.5. The van der Waals surface area contributed by atoms with Gasteiger partial charge < -0.3 is 10.1 Å². The van der Waals surface area contributed by atoms with Gasteiger partial charge in [-0.25, -0.2) is 4.68 Å². The van der Waals surface area contributed by atoms with Crippen LogP contribution < -0.4 is 5.32 Å². The summed E-state index contributed by atoms with van der Waals surface area (Å²) in [5.74, 6) is -0.167. The van der Waals surface area contributed by atoms with Gasteiger partial charge >= 0.3 is 0 Å². The van der Waals surface area contributed by atoms with Crippen molar-refractivity contribution in [2.75, 3.05) is 26.3 Å². The molecule has 0 atom stereocenters. The van der Waals surface area contributed by atoms with Gasteiger partial charge in [-0.05, 0) is 36.2 Å². The molecule has 2 heterocycles. The van der Waals surface area contributed by atoms with E-state index in [1.165, 1.54) is 5.56 Å². The lowest BCUT2D eigenvalue weighted by atomic mass is 10.1. The largest absolute Gasteiger partial charge is 0.379 e. The summed E-state index contributed by atoms with van der Waals surface area (Å²) in [6, 6.07) is 20.0. The monoisotopic (exact) mass is 390 g/mol. The summed E-state index contributed by atoms with van der Waals surface area (Å²) in [5, 5.41) is 7.43. The number of rotatable bonds is 6. The summed E-state index contributed by atoms with van der Waals surface area (Å²) in [6.07, 6.45) is 0. The number of hydrogen-bond acceptors (Lipinski definition) is 4. The van der Waals surface area contributed by atoms with Crippen LogP contribution in [-0.4, -0.2) is 46.9 Å². The van der Waals surface area contributed by atoms with Crippen LogP contribution in [0.3, 0.4) is 0 Å². The molecule has 1 N–H and O–H groups in total. The van der Waals surface area contributed by atoms with E-state index in [2.05, 4.69) is 39.6 Å². The minimum absolute atomic E-state index is 0.167. The predicted molar refractivity (Wildman–Crippen MR) is 112 cm³/mol. The molecule has 0 spiro atoms. The fourth-order valence-electron chi connectivity index (χ4n) is 3.47. The van der Waals surface area contributed by atoms with Crippen molar-refractivity contribution in [3.05, 3.63) is 83.2 Å². The summed E-state index contributed by atoms with van der Waals surface area (Å²) >= 11 is 0. The van der Waals surface area contributed by atoms with Gasteiger partial charge in [-0.15, -0.1) is 0 Å². The molecule has 6 heteroatoms. The first-order chi connectivity index (χ1) is 14.2. The third kappa shape index (κ3) is 4.91. The first kappa shape index (κ1) is 19.4. The topological polar surface area (TPSA) is 59.4 Å². The second kappa shape index (κ2) is 9.03. The van der Waals surface area contributed by atoms with Gasteiger partial charge in [0.25, 0.3) is 5.91 Å². The van der Waals surface area contributed by atoms with Crippen molar-refractivity contribution in [3.63, 3.8) is 0 Å². The number of aryl methyl sites for hydroxylation is 1. The Kier molecular flexibility index (Phi) is 6.03. The molecule has 1 aromatic heterocycles. The molecular formula is C23H26N4O2. The SMILES string of the molecule is Cc1cc(C(=O)NCc2ccc(CN3CCOCC3)cc2)nn1-c1ccccc1. The fourth-order valence-corrected chi connectivity index (χ4v) is 3.47. The number of amides is 1. The molecule has 1 fully saturated rings. The quantitative estimate of drug-likeness (QED) is 0.703. The van der Waals surface area contributed by atoms with Crippen LogP contribution in [0.25, 0.3) is 5.69 Å². The number of nitrogens with zero attached hydrogens (tertiary/aromatic N) is 3. The summed E-state index contributed by atoms with van der Waals surface area (Å²) in [6.45, 7) is 6.94. The van der Waals surface area contributed by atoms with E-state index in [0.717, 1.165) is 49.8 Å². The number of carbonyl (C=O) groups excluding carboxylic acids is 1. The number of para-hydroxylation sites is 1. The van der Waals surface area contributed by atoms with Crippen molar-refractivity contribution in [2.45, 2.75) is 20.0 Å². The Balaban J connectivity index is 1.34. The van der Waals surface area contributed by atoms with E-state index >= 15 is 0 Å². The van der Waals surface area contributed by atoms with Crippen LogP contribution in [0.4, 0.5) is 0 Å². The molecule has 3 aromatic rings. The van der Waals surface area contributed by atoms with Crippen molar-refractivity contribution in [2.24, 2.45) is 0 Å². The Bertz CT molecular complexity index is 945. The lowest BCUT2D eigenvalue weighted by Crippen LogP contribution is -2.35. The van der Waals surface area contributed by atoms with E-state index in [9.17, 15) is 4.79 Å². The lowest BCUT2D eigenvalue weighted by Gasteiger charge is -2.26. The smallest absolute Gasteiger partial charge is 0.272 e. The van der Waals surface area contributed by atoms with E-state index in [1.807, 2.05) is 43.3 Å². The highest BCUT2D eigenvalue weighted by Crippen LogP contribution is 2.13. The van der Waals surface area contributed by atoms with Crippen LogP contribution in [0.5, 0.6) is 0 Å². The van der Waals surface area contributed by atoms with Crippen molar-refractivity contribution in [1.82, 2.24) is 20.0 Å². The standard InChI is InChI=1S/C23H26N4O2/c1-18-15-22(25-27(18)21-5-3-2-4-6-21)23(28)24-16-19-7-9-20(10-8-19)17-26-11-13-29-14-12-26/h2-10,15H,11-14,16-17H2,1H3,(H,24,28). The zero-order valence-corrected chi connectivity index (χ0v) is 16.7. The average molecular weight is 390 g/mol. The highest BCUT2D eigenvalue weighted by molar-refractivity contribution is 5.92. The lowest BCUT2D eigenvalue weighted by molar-refractivity contribution is 0.0342. The third-order valence-electron chi connectivity index (χ3n) is 5.11. The molecule has 4 rings (SSSR count). The zero-order valence-electron chi connectivity index (χ0n) is 16.7. The number of carbonyl (C=O) groups is 1. The molecule has 1 aliphatic rings. The van der Waals surface area contributed by atoms with Crippen LogP contribution in [0.2, 0.25) is 0 Å². The molecule has 1 saturated heterocycles. The number of morpholine rings is 1. The Hall–Kier alpha value is -2.96. The minimum atomic E-state index is -0.167. The van der Waals surface area contributed by atoms with Crippen LogP contribution in [0.15, 0.2) is 60.7 Å². The van der Waals surface area contributed by atoms with Crippen molar-refractivity contribution in [3.8, 4) is 5.69 Å². The molecule has 0 unspecified atom stereocenters. The van der Waals surface area contributed by atoms with E-state index < -0.39 is 0 Å². The van der Waals surface area contributed by atoms with Crippen LogP contribution in [0, 0.1) is 6.92 Å².